The van der Waals surface area contributed by atoms with Gasteiger partial charge >= 0.3 is 6.09 Å². The molecule has 1 N–H and O–H groups in total. The van der Waals surface area contributed by atoms with E-state index in [4.69, 9.17) is 4.74 Å². The number of carbonyl (C=O) groups is 2. The van der Waals surface area contributed by atoms with Crippen molar-refractivity contribution in [2.24, 2.45) is 5.92 Å². The number of thioether (sulfide) groups is 1. The lowest BCUT2D eigenvalue weighted by molar-refractivity contribution is -0.129. The highest BCUT2D eigenvalue weighted by molar-refractivity contribution is 8.00. The molecule has 0 bridgehead atoms. The number of fused-ring (bicyclic) bond motifs is 1. The van der Waals surface area contributed by atoms with E-state index in [0.717, 1.165) is 17.7 Å². The molecule has 2 heterocycles. The summed E-state index contributed by atoms with van der Waals surface area (Å²) in [5, 5.41) is 3.49. The number of piperidine rings is 1. The van der Waals surface area contributed by atoms with Gasteiger partial charge < -0.3 is 10.1 Å². The average molecular weight is 377 g/mol. The second-order valence-electron chi connectivity index (χ2n) is 8.14. The number of carbonyl (C=O) groups excluding carboxylic acids is 2. The highest BCUT2D eigenvalue weighted by Crippen LogP contribution is 2.40. The molecule has 0 aromatic heterocycles. The maximum atomic E-state index is 12.8. The van der Waals surface area contributed by atoms with Crippen LogP contribution in [-0.2, 0) is 16.1 Å². The zero-order valence-electron chi connectivity index (χ0n) is 15.7. The Morgan fingerprint density at radius 1 is 1.27 bits per heavy atom. The molecule has 2 saturated heterocycles. The summed E-state index contributed by atoms with van der Waals surface area (Å²) in [4.78, 5) is 27.2. The summed E-state index contributed by atoms with van der Waals surface area (Å²) < 4.78 is 5.53. The molecule has 2 aliphatic heterocycles. The first-order valence-corrected chi connectivity index (χ1v) is 10.3. The van der Waals surface area contributed by atoms with Gasteiger partial charge in [0, 0.05) is 17.3 Å². The molecule has 3 atom stereocenters. The lowest BCUT2D eigenvalue weighted by atomic mass is 9.90. The van der Waals surface area contributed by atoms with Crippen LogP contribution in [0.25, 0.3) is 0 Å². The van der Waals surface area contributed by atoms with Crippen LogP contribution in [0, 0.1) is 5.92 Å². The number of amides is 2. The van der Waals surface area contributed by atoms with Gasteiger partial charge in [-0.2, -0.15) is 11.8 Å². The first kappa shape index (κ1) is 19.1. The Bertz CT molecular complexity index is 644. The predicted molar refractivity (Wildman–Crippen MR) is 104 cm³/mol. The van der Waals surface area contributed by atoms with E-state index in [0.29, 0.717) is 24.1 Å². The van der Waals surface area contributed by atoms with E-state index in [-0.39, 0.29) is 18.1 Å². The number of rotatable bonds is 3. The number of benzene rings is 1. The molecule has 0 radical (unpaired) electrons. The number of likely N-dealkylation sites (tertiary alicyclic amines) is 1. The molecule has 26 heavy (non-hydrogen) atoms. The van der Waals surface area contributed by atoms with E-state index in [1.165, 1.54) is 0 Å². The number of nitrogens with zero attached hydrogens (tertiary/aromatic N) is 1. The molecule has 2 aliphatic rings. The zero-order valence-corrected chi connectivity index (χ0v) is 16.6. The van der Waals surface area contributed by atoms with Crippen LogP contribution < -0.4 is 5.32 Å². The highest BCUT2D eigenvalue weighted by Gasteiger charge is 2.44. The van der Waals surface area contributed by atoms with E-state index < -0.39 is 12.1 Å². The molecule has 2 fully saturated rings. The Balaban J connectivity index is 1.69. The Morgan fingerprint density at radius 3 is 2.69 bits per heavy atom. The van der Waals surface area contributed by atoms with Crippen LogP contribution in [0.3, 0.4) is 0 Å². The SMILES string of the molecule is CC(C)(C)NC(=O)C1C[C@@H]2SCC[C@@H]2CN1C(=O)OCc1ccccc1. The van der Waals surface area contributed by atoms with Crippen molar-refractivity contribution in [2.75, 3.05) is 12.3 Å². The van der Waals surface area contributed by atoms with Crippen molar-refractivity contribution in [3.05, 3.63) is 35.9 Å². The Kier molecular flexibility index (Phi) is 5.80. The Hall–Kier alpha value is -1.69. The van der Waals surface area contributed by atoms with Gasteiger partial charge in [0.15, 0.2) is 0 Å². The average Bonchev–Trinajstić information content (AvgIpc) is 3.05. The van der Waals surface area contributed by atoms with Gasteiger partial charge in [-0.1, -0.05) is 30.3 Å². The minimum Gasteiger partial charge on any atom is -0.445 e. The molecule has 1 aromatic carbocycles. The van der Waals surface area contributed by atoms with Gasteiger partial charge in [-0.05, 0) is 50.8 Å². The fourth-order valence-corrected chi connectivity index (χ4v) is 5.15. The van der Waals surface area contributed by atoms with Crippen molar-refractivity contribution in [1.29, 1.82) is 0 Å². The number of hydrogen-bond acceptors (Lipinski definition) is 4. The summed E-state index contributed by atoms with van der Waals surface area (Å²) in [7, 11) is 0. The second-order valence-corrected chi connectivity index (χ2v) is 9.49. The van der Waals surface area contributed by atoms with Crippen LogP contribution >= 0.6 is 11.8 Å². The van der Waals surface area contributed by atoms with E-state index in [9.17, 15) is 9.59 Å². The minimum atomic E-state index is -0.454. The lowest BCUT2D eigenvalue weighted by Gasteiger charge is -2.40. The van der Waals surface area contributed by atoms with Crippen molar-refractivity contribution < 1.29 is 14.3 Å². The lowest BCUT2D eigenvalue weighted by Crippen LogP contribution is -2.58. The summed E-state index contributed by atoms with van der Waals surface area (Å²) in [5.74, 6) is 1.48. The molecule has 0 spiro atoms. The largest absolute Gasteiger partial charge is 0.445 e. The maximum Gasteiger partial charge on any atom is 0.410 e. The van der Waals surface area contributed by atoms with E-state index >= 15 is 0 Å². The molecule has 6 heteroatoms. The third-order valence-corrected chi connectivity index (χ3v) is 6.33. The summed E-state index contributed by atoms with van der Waals surface area (Å²) in [6, 6.07) is 9.17. The van der Waals surface area contributed by atoms with Crippen LogP contribution in [-0.4, -0.2) is 46.0 Å². The third kappa shape index (κ3) is 4.72. The summed E-state index contributed by atoms with van der Waals surface area (Å²) in [6.07, 6.45) is 1.42. The first-order valence-electron chi connectivity index (χ1n) is 9.24. The molecule has 3 rings (SSSR count). The van der Waals surface area contributed by atoms with Crippen LogP contribution in [0.1, 0.15) is 39.2 Å². The van der Waals surface area contributed by atoms with E-state index in [1.54, 1.807) is 4.90 Å². The van der Waals surface area contributed by atoms with Gasteiger partial charge in [0.2, 0.25) is 5.91 Å². The van der Waals surface area contributed by atoms with Crippen molar-refractivity contribution in [1.82, 2.24) is 10.2 Å². The molecule has 2 amide bonds. The predicted octanol–water partition coefficient (Wildman–Crippen LogP) is 3.43. The standard InChI is InChI=1S/C20H28N2O3S/c1-20(2,3)21-18(23)16-11-17-15(9-10-26-17)12-22(16)19(24)25-13-14-7-5-4-6-8-14/h4-8,15-17H,9-13H2,1-3H3,(H,21,23)/t15-,16?,17+/m1/s1. The van der Waals surface area contributed by atoms with Crippen molar-refractivity contribution in [2.45, 2.75) is 57.1 Å². The molecule has 1 unspecified atom stereocenters. The van der Waals surface area contributed by atoms with Crippen molar-refractivity contribution in [3.63, 3.8) is 0 Å². The van der Waals surface area contributed by atoms with Crippen LogP contribution in [0.4, 0.5) is 4.79 Å². The molecule has 0 saturated carbocycles. The molecular weight excluding hydrogens is 348 g/mol. The van der Waals surface area contributed by atoms with Gasteiger partial charge in [-0.3, -0.25) is 9.69 Å². The summed E-state index contributed by atoms with van der Waals surface area (Å²) in [6.45, 7) is 6.71. The fourth-order valence-electron chi connectivity index (χ4n) is 3.59. The first-order chi connectivity index (χ1) is 12.3. The minimum absolute atomic E-state index is 0.0832. The molecule has 1 aromatic rings. The van der Waals surface area contributed by atoms with Gasteiger partial charge in [0.25, 0.3) is 0 Å². The molecular formula is C20H28N2O3S. The third-order valence-electron chi connectivity index (χ3n) is 4.85. The van der Waals surface area contributed by atoms with Gasteiger partial charge in [-0.25, -0.2) is 4.79 Å². The van der Waals surface area contributed by atoms with Crippen molar-refractivity contribution in [3.8, 4) is 0 Å². The van der Waals surface area contributed by atoms with Crippen molar-refractivity contribution >= 4 is 23.8 Å². The van der Waals surface area contributed by atoms with E-state index in [2.05, 4.69) is 5.32 Å². The zero-order chi connectivity index (χ0) is 18.7. The van der Waals surface area contributed by atoms with Gasteiger partial charge in [-0.15, -0.1) is 0 Å². The topological polar surface area (TPSA) is 58.6 Å². The molecule has 5 nitrogen and oxygen atoms in total. The van der Waals surface area contributed by atoms with E-state index in [1.807, 2.05) is 62.9 Å². The Labute approximate surface area is 159 Å². The smallest absolute Gasteiger partial charge is 0.410 e. The number of hydrogen-bond donors (Lipinski definition) is 1. The Morgan fingerprint density at radius 2 is 2.00 bits per heavy atom. The van der Waals surface area contributed by atoms with Gasteiger partial charge in [0.05, 0.1) is 0 Å². The molecule has 0 aliphatic carbocycles. The van der Waals surface area contributed by atoms with Crippen LogP contribution in [0.15, 0.2) is 30.3 Å². The maximum absolute atomic E-state index is 12.8. The fraction of sp³-hybridized carbons (Fsp3) is 0.600. The highest BCUT2D eigenvalue weighted by atomic mass is 32.2. The summed E-state index contributed by atoms with van der Waals surface area (Å²) in [5.41, 5.74) is 0.624. The summed E-state index contributed by atoms with van der Waals surface area (Å²) >= 11 is 1.93. The monoisotopic (exact) mass is 376 g/mol. The quantitative estimate of drug-likeness (QED) is 0.878. The van der Waals surface area contributed by atoms with Crippen LogP contribution in [0.2, 0.25) is 0 Å². The normalized spacial score (nSPS) is 25.5. The van der Waals surface area contributed by atoms with Gasteiger partial charge in [0.1, 0.15) is 12.6 Å². The second kappa shape index (κ2) is 7.91. The number of ether oxygens (including phenoxy) is 1. The van der Waals surface area contributed by atoms with Crippen LogP contribution in [0.5, 0.6) is 0 Å². The molecule has 142 valence electrons. The number of nitrogens with one attached hydrogen (secondary N) is 1.